The van der Waals surface area contributed by atoms with Crippen LogP contribution in [0.2, 0.25) is 0 Å². The molecule has 8 heteroatoms. The monoisotopic (exact) mass is 332 g/mol. The Morgan fingerprint density at radius 3 is 2.74 bits per heavy atom. The van der Waals surface area contributed by atoms with Crippen molar-refractivity contribution >= 4 is 29.3 Å². The van der Waals surface area contributed by atoms with Gasteiger partial charge in [0.15, 0.2) is 0 Å². The lowest BCUT2D eigenvalue weighted by Gasteiger charge is -2.34. The Bertz CT molecular complexity index is 741. The molecule has 0 aliphatic carbocycles. The van der Waals surface area contributed by atoms with Gasteiger partial charge in [0.05, 0.1) is 16.7 Å². The minimum absolute atomic E-state index is 0.0257. The lowest BCUT2D eigenvalue weighted by molar-refractivity contribution is -0.384. The number of amides is 1. The van der Waals surface area contributed by atoms with Gasteiger partial charge < -0.3 is 4.74 Å². The van der Waals surface area contributed by atoms with Crippen LogP contribution in [0.3, 0.4) is 0 Å². The molecule has 0 N–H and O–H groups in total. The third-order valence-electron chi connectivity index (χ3n) is 3.54. The zero-order chi connectivity index (χ0) is 16.6. The molecule has 0 spiro atoms. The van der Waals surface area contributed by atoms with E-state index in [4.69, 9.17) is 4.74 Å². The van der Waals surface area contributed by atoms with E-state index >= 15 is 0 Å². The highest BCUT2D eigenvalue weighted by Crippen LogP contribution is 2.46. The van der Waals surface area contributed by atoms with Crippen LogP contribution in [-0.4, -0.2) is 27.1 Å². The fourth-order valence-electron chi connectivity index (χ4n) is 2.35. The van der Waals surface area contributed by atoms with Crippen LogP contribution < -0.4 is 0 Å². The van der Waals surface area contributed by atoms with E-state index in [9.17, 15) is 19.7 Å². The van der Waals surface area contributed by atoms with E-state index in [2.05, 4.69) is 6.58 Å². The van der Waals surface area contributed by atoms with Crippen molar-refractivity contribution in [3.63, 3.8) is 0 Å². The Labute approximate surface area is 135 Å². The number of non-ortho nitro benzene ring substituents is 1. The van der Waals surface area contributed by atoms with Crippen LogP contribution >= 0.6 is 11.8 Å². The summed E-state index contributed by atoms with van der Waals surface area (Å²) in [6.07, 6.45) is 1.94. The number of thioether (sulfide) groups is 1. The molecule has 2 heterocycles. The van der Waals surface area contributed by atoms with E-state index in [1.54, 1.807) is 6.08 Å². The summed E-state index contributed by atoms with van der Waals surface area (Å²) in [5.74, 6) is -0.706. The largest absolute Gasteiger partial charge is 0.456 e. The number of esters is 1. The van der Waals surface area contributed by atoms with Gasteiger partial charge in [-0.15, -0.1) is 0 Å². The molecule has 1 amide bonds. The van der Waals surface area contributed by atoms with Crippen LogP contribution in [-0.2, 0) is 20.9 Å². The average Bonchev–Trinajstić information content (AvgIpc) is 2.85. The number of benzene rings is 1. The van der Waals surface area contributed by atoms with Gasteiger partial charge in [-0.1, -0.05) is 24.4 Å². The number of allylic oxidation sites excluding steroid dienone is 1. The van der Waals surface area contributed by atoms with Crippen molar-refractivity contribution in [2.24, 2.45) is 0 Å². The smallest absolute Gasteiger partial charge is 0.356 e. The predicted molar refractivity (Wildman–Crippen MR) is 83.0 cm³/mol. The van der Waals surface area contributed by atoms with Crippen molar-refractivity contribution < 1.29 is 19.2 Å². The number of carbonyl (C=O) groups is 2. The highest BCUT2D eigenvalue weighted by Gasteiger charge is 2.48. The molecule has 3 rings (SSSR count). The molecule has 23 heavy (non-hydrogen) atoms. The molecule has 1 saturated heterocycles. The standard InChI is InChI=1S/C15H12N2O5S/c1-2-11-14(16-12(18)7-13(16)23-11)15(19)22-8-9-3-5-10(6-4-9)17(20)21/h2-6,13H,1,7-8H2. The van der Waals surface area contributed by atoms with Gasteiger partial charge in [0.2, 0.25) is 5.91 Å². The molecule has 7 nitrogen and oxygen atoms in total. The SMILES string of the molecule is C=CC1=C(C(=O)OCc2ccc([N+](=O)[O-])cc2)N2C(=O)CC2S1. The summed E-state index contributed by atoms with van der Waals surface area (Å²) in [6, 6.07) is 5.74. The van der Waals surface area contributed by atoms with Crippen LogP contribution in [0.15, 0.2) is 47.5 Å². The second-order valence-electron chi connectivity index (χ2n) is 4.96. The van der Waals surface area contributed by atoms with Gasteiger partial charge in [-0.25, -0.2) is 4.79 Å². The first-order chi connectivity index (χ1) is 11.0. The van der Waals surface area contributed by atoms with Crippen LogP contribution in [0, 0.1) is 10.1 Å². The van der Waals surface area contributed by atoms with Crippen molar-refractivity contribution in [3.8, 4) is 0 Å². The molecule has 1 aromatic carbocycles. The van der Waals surface area contributed by atoms with Gasteiger partial charge in [0, 0.05) is 17.0 Å². The molecule has 2 aliphatic heterocycles. The lowest BCUT2D eigenvalue weighted by Crippen LogP contribution is -2.48. The Morgan fingerprint density at radius 1 is 1.48 bits per heavy atom. The van der Waals surface area contributed by atoms with Crippen molar-refractivity contribution in [1.29, 1.82) is 0 Å². The fourth-order valence-corrected chi connectivity index (χ4v) is 3.58. The Morgan fingerprint density at radius 2 is 2.17 bits per heavy atom. The van der Waals surface area contributed by atoms with Gasteiger partial charge in [-0.2, -0.15) is 0 Å². The molecule has 0 radical (unpaired) electrons. The van der Waals surface area contributed by atoms with Crippen molar-refractivity contribution in [1.82, 2.24) is 4.90 Å². The zero-order valence-corrected chi connectivity index (χ0v) is 12.7. The van der Waals surface area contributed by atoms with Gasteiger partial charge >= 0.3 is 5.97 Å². The summed E-state index contributed by atoms with van der Waals surface area (Å²) < 4.78 is 5.22. The topological polar surface area (TPSA) is 89.8 Å². The Hall–Kier alpha value is -2.61. The van der Waals surface area contributed by atoms with E-state index in [0.29, 0.717) is 16.9 Å². The molecular formula is C15H12N2O5S. The summed E-state index contributed by atoms with van der Waals surface area (Å²) in [7, 11) is 0. The maximum Gasteiger partial charge on any atom is 0.356 e. The summed E-state index contributed by atoms with van der Waals surface area (Å²) in [6.45, 7) is 3.63. The molecule has 118 valence electrons. The fraction of sp³-hybridized carbons (Fsp3) is 0.200. The molecule has 1 atom stereocenters. The van der Waals surface area contributed by atoms with E-state index < -0.39 is 10.9 Å². The summed E-state index contributed by atoms with van der Waals surface area (Å²) in [4.78, 5) is 36.0. The number of fused-ring (bicyclic) bond motifs is 1. The highest BCUT2D eigenvalue weighted by molar-refractivity contribution is 8.04. The zero-order valence-electron chi connectivity index (χ0n) is 11.9. The second-order valence-corrected chi connectivity index (χ2v) is 6.18. The van der Waals surface area contributed by atoms with Crippen LogP contribution in [0.4, 0.5) is 5.69 Å². The second kappa shape index (κ2) is 5.88. The maximum absolute atomic E-state index is 12.3. The molecular weight excluding hydrogens is 320 g/mol. The molecule has 0 bridgehead atoms. The molecule has 0 saturated carbocycles. The molecule has 1 fully saturated rings. The number of ether oxygens (including phenoxy) is 1. The average molecular weight is 332 g/mol. The number of β-lactam (4-membered cyclic amide) rings is 1. The van der Waals surface area contributed by atoms with Crippen molar-refractivity contribution in [2.45, 2.75) is 18.4 Å². The highest BCUT2D eigenvalue weighted by atomic mass is 32.2. The number of rotatable bonds is 5. The van der Waals surface area contributed by atoms with Gasteiger partial charge in [-0.3, -0.25) is 19.8 Å². The van der Waals surface area contributed by atoms with Crippen LogP contribution in [0.25, 0.3) is 0 Å². The van der Waals surface area contributed by atoms with Crippen LogP contribution in [0.5, 0.6) is 0 Å². The maximum atomic E-state index is 12.3. The first-order valence-electron chi connectivity index (χ1n) is 6.77. The minimum atomic E-state index is -0.596. The summed E-state index contributed by atoms with van der Waals surface area (Å²) in [5, 5.41) is 10.5. The van der Waals surface area contributed by atoms with E-state index in [1.807, 2.05) is 0 Å². The van der Waals surface area contributed by atoms with E-state index in [0.717, 1.165) is 0 Å². The minimum Gasteiger partial charge on any atom is -0.456 e. The first-order valence-corrected chi connectivity index (χ1v) is 7.65. The number of carbonyl (C=O) groups excluding carboxylic acids is 2. The first kappa shape index (κ1) is 15.3. The summed E-state index contributed by atoms with van der Waals surface area (Å²) >= 11 is 1.42. The quantitative estimate of drug-likeness (QED) is 0.356. The predicted octanol–water partition coefficient (Wildman–Crippen LogP) is 2.34. The number of nitro groups is 1. The molecule has 2 aliphatic rings. The van der Waals surface area contributed by atoms with E-state index in [1.165, 1.54) is 40.9 Å². The Kier molecular flexibility index (Phi) is 3.91. The van der Waals surface area contributed by atoms with Gasteiger partial charge in [0.1, 0.15) is 12.3 Å². The molecule has 1 unspecified atom stereocenters. The number of nitro benzene ring substituents is 1. The van der Waals surface area contributed by atoms with Crippen LogP contribution in [0.1, 0.15) is 12.0 Å². The summed E-state index contributed by atoms with van der Waals surface area (Å²) in [5.41, 5.74) is 0.827. The third kappa shape index (κ3) is 2.72. The number of hydrogen-bond acceptors (Lipinski definition) is 6. The van der Waals surface area contributed by atoms with Crippen molar-refractivity contribution in [2.75, 3.05) is 0 Å². The Balaban J connectivity index is 1.68. The van der Waals surface area contributed by atoms with Gasteiger partial charge in [0.25, 0.3) is 5.69 Å². The van der Waals surface area contributed by atoms with Crippen molar-refractivity contribution in [3.05, 3.63) is 63.2 Å². The molecule has 1 aromatic rings. The molecule has 0 aromatic heterocycles. The third-order valence-corrected chi connectivity index (χ3v) is 4.80. The van der Waals surface area contributed by atoms with Gasteiger partial charge in [-0.05, 0) is 17.7 Å². The number of nitrogens with zero attached hydrogens (tertiary/aromatic N) is 2. The number of hydrogen-bond donors (Lipinski definition) is 0. The lowest BCUT2D eigenvalue weighted by atomic mass is 10.1. The normalized spacial score (nSPS) is 19.2. The van der Waals surface area contributed by atoms with E-state index in [-0.39, 0.29) is 29.3 Å².